The number of hydrogen-bond acceptors (Lipinski definition) is 1. The predicted molar refractivity (Wildman–Crippen MR) is 96.6 cm³/mol. The lowest BCUT2D eigenvalue weighted by Crippen LogP contribution is -1.92. The molecule has 0 fully saturated rings. The molecule has 3 rings (SSSR count). The Balaban J connectivity index is 2.21. The first-order chi connectivity index (χ1) is 10.3. The van der Waals surface area contributed by atoms with Gasteiger partial charge in [-0.25, -0.2) is 0 Å². The van der Waals surface area contributed by atoms with Gasteiger partial charge in [0.05, 0.1) is 10.7 Å². The van der Waals surface area contributed by atoms with Gasteiger partial charge in [-0.1, -0.05) is 60.7 Å². The van der Waals surface area contributed by atoms with Gasteiger partial charge in [-0.15, -0.1) is 0 Å². The molecule has 0 spiro atoms. The van der Waals surface area contributed by atoms with Gasteiger partial charge in [-0.2, -0.15) is 0 Å². The van der Waals surface area contributed by atoms with Crippen molar-refractivity contribution in [3.63, 3.8) is 0 Å². The Kier molecular flexibility index (Phi) is 4.25. The Labute approximate surface area is 138 Å². The first-order valence-corrected chi connectivity index (χ1v) is 7.86. The lowest BCUT2D eigenvalue weighted by Gasteiger charge is -2.13. The predicted octanol–water partition coefficient (Wildman–Crippen LogP) is 5.63. The van der Waals surface area contributed by atoms with E-state index >= 15 is 0 Å². The summed E-state index contributed by atoms with van der Waals surface area (Å²) in [6.07, 6.45) is 0. The minimum Gasteiger partial charge on any atom is -0.496 e. The highest BCUT2D eigenvalue weighted by atomic mass is 127. The highest BCUT2D eigenvalue weighted by molar-refractivity contribution is 14.1. The summed E-state index contributed by atoms with van der Waals surface area (Å²) in [5.41, 5.74) is 4.78. The molecule has 0 heterocycles. The van der Waals surface area contributed by atoms with Crippen LogP contribution in [0.2, 0.25) is 0 Å². The zero-order chi connectivity index (χ0) is 14.7. The van der Waals surface area contributed by atoms with Crippen LogP contribution < -0.4 is 4.74 Å². The molecule has 0 radical (unpaired) electrons. The molecule has 0 bridgehead atoms. The van der Waals surface area contributed by atoms with Crippen LogP contribution in [0.15, 0.2) is 72.8 Å². The van der Waals surface area contributed by atoms with Crippen molar-refractivity contribution in [3.05, 3.63) is 76.4 Å². The molecule has 0 saturated carbocycles. The average molecular weight is 386 g/mol. The van der Waals surface area contributed by atoms with Crippen LogP contribution in [0.5, 0.6) is 5.75 Å². The van der Waals surface area contributed by atoms with Crippen molar-refractivity contribution in [3.8, 4) is 28.0 Å². The Hall–Kier alpha value is -1.81. The molecule has 0 aliphatic carbocycles. The van der Waals surface area contributed by atoms with Crippen molar-refractivity contribution in [1.29, 1.82) is 0 Å². The lowest BCUT2D eigenvalue weighted by molar-refractivity contribution is 0.412. The first kappa shape index (κ1) is 14.1. The van der Waals surface area contributed by atoms with Gasteiger partial charge in [0.15, 0.2) is 0 Å². The van der Waals surface area contributed by atoms with Gasteiger partial charge in [-0.05, 0) is 57.0 Å². The van der Waals surface area contributed by atoms with Crippen molar-refractivity contribution >= 4 is 22.6 Å². The van der Waals surface area contributed by atoms with Gasteiger partial charge in [0, 0.05) is 0 Å². The standard InChI is InChI=1S/C19H15IO/c1-21-18-13-16(14-8-4-2-5-9-14)12-17(19(18)20)15-10-6-3-7-11-15/h2-13H,1H3. The molecule has 0 N–H and O–H groups in total. The number of hydrogen-bond donors (Lipinski definition) is 0. The third kappa shape index (κ3) is 2.95. The van der Waals surface area contributed by atoms with Gasteiger partial charge < -0.3 is 4.74 Å². The van der Waals surface area contributed by atoms with E-state index in [2.05, 4.69) is 83.3 Å². The van der Waals surface area contributed by atoms with E-state index in [-0.39, 0.29) is 0 Å². The Morgan fingerprint density at radius 3 is 1.86 bits per heavy atom. The van der Waals surface area contributed by atoms with Crippen molar-refractivity contribution in [2.75, 3.05) is 7.11 Å². The van der Waals surface area contributed by atoms with Gasteiger partial charge in [0.2, 0.25) is 0 Å². The molecular weight excluding hydrogens is 371 g/mol. The summed E-state index contributed by atoms with van der Waals surface area (Å²) in [6, 6.07) is 25.1. The summed E-state index contributed by atoms with van der Waals surface area (Å²) >= 11 is 2.36. The summed E-state index contributed by atoms with van der Waals surface area (Å²) in [5.74, 6) is 0.913. The van der Waals surface area contributed by atoms with Crippen molar-refractivity contribution < 1.29 is 4.74 Å². The smallest absolute Gasteiger partial charge is 0.133 e. The van der Waals surface area contributed by atoms with Crippen LogP contribution in [-0.4, -0.2) is 7.11 Å². The van der Waals surface area contributed by atoms with Gasteiger partial charge in [0.25, 0.3) is 0 Å². The molecule has 3 aromatic carbocycles. The zero-order valence-corrected chi connectivity index (χ0v) is 13.9. The van der Waals surface area contributed by atoms with Crippen molar-refractivity contribution in [1.82, 2.24) is 0 Å². The minimum atomic E-state index is 0.913. The fourth-order valence-electron chi connectivity index (χ4n) is 2.37. The first-order valence-electron chi connectivity index (χ1n) is 6.78. The summed E-state index contributed by atoms with van der Waals surface area (Å²) in [7, 11) is 1.72. The number of methoxy groups -OCH3 is 1. The monoisotopic (exact) mass is 386 g/mol. The molecule has 1 nitrogen and oxygen atoms in total. The second-order valence-corrected chi connectivity index (χ2v) is 5.85. The Morgan fingerprint density at radius 1 is 0.714 bits per heavy atom. The summed E-state index contributed by atoms with van der Waals surface area (Å²) in [6.45, 7) is 0. The molecule has 0 atom stereocenters. The highest BCUT2D eigenvalue weighted by Gasteiger charge is 2.11. The molecular formula is C19H15IO. The van der Waals surface area contributed by atoms with E-state index in [0.29, 0.717) is 0 Å². The van der Waals surface area contributed by atoms with E-state index < -0.39 is 0 Å². The van der Waals surface area contributed by atoms with Crippen LogP contribution in [0.3, 0.4) is 0 Å². The number of benzene rings is 3. The second kappa shape index (κ2) is 6.31. The SMILES string of the molecule is COc1cc(-c2ccccc2)cc(-c2ccccc2)c1I. The quantitative estimate of drug-likeness (QED) is 0.530. The van der Waals surface area contributed by atoms with Crippen LogP contribution in [0.4, 0.5) is 0 Å². The van der Waals surface area contributed by atoms with Crippen molar-refractivity contribution in [2.45, 2.75) is 0 Å². The number of rotatable bonds is 3. The van der Waals surface area contributed by atoms with Crippen molar-refractivity contribution in [2.24, 2.45) is 0 Å². The molecule has 3 aromatic rings. The molecule has 0 aliphatic heterocycles. The Bertz CT molecular complexity index is 736. The average Bonchev–Trinajstić information content (AvgIpc) is 2.56. The van der Waals surface area contributed by atoms with Crippen LogP contribution in [0.1, 0.15) is 0 Å². The molecule has 0 aromatic heterocycles. The zero-order valence-electron chi connectivity index (χ0n) is 11.7. The molecule has 21 heavy (non-hydrogen) atoms. The molecule has 0 saturated heterocycles. The van der Waals surface area contributed by atoms with Gasteiger partial charge in [-0.3, -0.25) is 0 Å². The number of ether oxygens (including phenoxy) is 1. The Morgan fingerprint density at radius 2 is 1.29 bits per heavy atom. The number of halogens is 1. The maximum absolute atomic E-state index is 5.56. The molecule has 2 heteroatoms. The lowest BCUT2D eigenvalue weighted by atomic mass is 9.98. The van der Waals surface area contributed by atoms with E-state index in [1.165, 1.54) is 22.3 Å². The second-order valence-electron chi connectivity index (χ2n) is 4.77. The maximum Gasteiger partial charge on any atom is 0.133 e. The minimum absolute atomic E-state index is 0.913. The van der Waals surface area contributed by atoms with Crippen LogP contribution in [0.25, 0.3) is 22.3 Å². The summed E-state index contributed by atoms with van der Waals surface area (Å²) < 4.78 is 6.70. The van der Waals surface area contributed by atoms with Crippen LogP contribution in [0, 0.1) is 3.57 Å². The fraction of sp³-hybridized carbons (Fsp3) is 0.0526. The van der Waals surface area contributed by atoms with E-state index in [4.69, 9.17) is 4.74 Å². The van der Waals surface area contributed by atoms with Gasteiger partial charge in [0.1, 0.15) is 5.75 Å². The molecule has 0 aliphatic rings. The topological polar surface area (TPSA) is 9.23 Å². The van der Waals surface area contributed by atoms with E-state index in [1.807, 2.05) is 12.1 Å². The molecule has 104 valence electrons. The largest absolute Gasteiger partial charge is 0.496 e. The van der Waals surface area contributed by atoms with E-state index in [0.717, 1.165) is 9.32 Å². The summed E-state index contributed by atoms with van der Waals surface area (Å²) in [5, 5.41) is 0. The molecule has 0 unspecified atom stereocenters. The van der Waals surface area contributed by atoms with E-state index in [1.54, 1.807) is 7.11 Å². The highest BCUT2D eigenvalue weighted by Crippen LogP contribution is 2.36. The van der Waals surface area contributed by atoms with Crippen LogP contribution >= 0.6 is 22.6 Å². The van der Waals surface area contributed by atoms with Crippen LogP contribution in [-0.2, 0) is 0 Å². The normalized spacial score (nSPS) is 10.4. The van der Waals surface area contributed by atoms with E-state index in [9.17, 15) is 0 Å². The summed E-state index contributed by atoms with van der Waals surface area (Å²) in [4.78, 5) is 0. The maximum atomic E-state index is 5.56. The fourth-order valence-corrected chi connectivity index (χ4v) is 3.21. The molecule has 0 amide bonds. The third-order valence-corrected chi connectivity index (χ3v) is 4.56. The van der Waals surface area contributed by atoms with Gasteiger partial charge >= 0.3 is 0 Å². The third-order valence-electron chi connectivity index (χ3n) is 3.45.